The number of amides is 2. The molecule has 0 spiro atoms. The van der Waals surface area contributed by atoms with Gasteiger partial charge >= 0.3 is 0 Å². The first kappa shape index (κ1) is 94.3. The van der Waals surface area contributed by atoms with Gasteiger partial charge in [-0.15, -0.1) is 0 Å². The number of carbonyl (C=O) groups excluding carboxylic acids is 2. The molecule has 115 heavy (non-hydrogen) atoms. The minimum absolute atomic E-state index is 0.774. The van der Waals surface area contributed by atoms with Crippen LogP contribution in [0.25, 0.3) is 0 Å². The monoisotopic (exact) mass is 1690 g/mol. The fraction of sp³-hybridized carbons (Fsp3) is 0.968. The largest absolute Gasteiger partial charge is 0.394 e. The van der Waals surface area contributed by atoms with E-state index in [1.165, 1.54) is 0 Å². The average Bonchev–Trinajstić information content (AvgIpc) is 0.775. The van der Waals surface area contributed by atoms with Crippen LogP contribution in [-0.2, 0) is 99.6 Å². The Morgan fingerprint density at radius 2 is 0.548 bits per heavy atom. The van der Waals surface area contributed by atoms with Gasteiger partial charge in [-0.3, -0.25) is 9.59 Å². The maximum absolute atomic E-state index is 12.9. The smallest absolute Gasteiger partial charge is 0.217 e. The molecule has 0 bridgehead atoms. The minimum Gasteiger partial charge on any atom is -0.394 e. The summed E-state index contributed by atoms with van der Waals surface area (Å²) < 4.78 is 111. The van der Waals surface area contributed by atoms with Crippen LogP contribution in [0.5, 0.6) is 0 Å². The zero-order valence-electron chi connectivity index (χ0n) is 60.9. The van der Waals surface area contributed by atoms with Crippen LogP contribution >= 0.6 is 0 Å². The Morgan fingerprint density at radius 1 is 0.261 bits per heavy atom. The molecule has 52 nitrogen and oxygen atoms in total. The predicted octanol–water partition coefficient (Wildman–Crippen LogP) is -21.9. The van der Waals surface area contributed by atoms with Gasteiger partial charge in [-0.25, -0.2) is 0 Å². The first-order chi connectivity index (χ1) is 54.5. The molecule has 31 N–H and O–H groups in total. The van der Waals surface area contributed by atoms with Gasteiger partial charge in [0.15, 0.2) is 62.9 Å². The molecule has 10 heterocycles. The first-order valence-corrected chi connectivity index (χ1v) is 36.6. The van der Waals surface area contributed by atoms with Crippen molar-refractivity contribution in [1.29, 1.82) is 0 Å². The highest BCUT2D eigenvalue weighted by Gasteiger charge is 2.61. The van der Waals surface area contributed by atoms with Crippen LogP contribution < -0.4 is 10.6 Å². The van der Waals surface area contributed by atoms with Crippen LogP contribution in [0.4, 0.5) is 0 Å². The highest BCUT2D eigenvalue weighted by molar-refractivity contribution is 5.73. The van der Waals surface area contributed by atoms with E-state index < -0.39 is 379 Å². The SMILES string of the molecule is CC(=O)N[C@@H]1[C@@H](O)[C@H](O[C@@H]2OC[C@@H](O[C@@H]3O[C@H](CO[C@H]4O[C@H](CO[C@H]5O[C@H](CO)[C@@H](O)[C@H](O)[C@@H]5O)[C@@H](O)[C@H](O[C@H]5O[C@H](CO)[C@@H](O)[C@H](O)[C@@H]5O[C@H]5O[C@H](CO)[C@@H](O)[C@H](O)[C@@H]5O)[C@@H]4O)[C@@H](O)[C@H](O[C@H]4O[C@H](CO)[C@@H](O)[C@H](O)[C@@H]4O[C@H]4O[C@H](CO)[C@@H](O)[C@H](O)[C@@H]4O[C@H]4O[C@H](CO)[C@@H](O)[C@H](O)[C@@H]4O)[C@@H]3O)[C@H](O)[C@H]2NC(C)=O)[C@@H](CO)O[C@H]1O. The van der Waals surface area contributed by atoms with Crippen molar-refractivity contribution >= 4 is 11.8 Å². The van der Waals surface area contributed by atoms with Gasteiger partial charge in [-0.1, -0.05) is 0 Å². The summed E-state index contributed by atoms with van der Waals surface area (Å²) in [7, 11) is 0. The highest BCUT2D eigenvalue weighted by Crippen LogP contribution is 2.40. The van der Waals surface area contributed by atoms with Gasteiger partial charge in [-0.05, 0) is 0 Å². The van der Waals surface area contributed by atoms with E-state index >= 15 is 0 Å². The molecule has 0 aromatic heterocycles. The Morgan fingerprint density at radius 3 is 0.930 bits per heavy atom. The number of nitrogens with one attached hydrogen (secondary N) is 2. The number of aliphatic hydroxyl groups is 29. The van der Waals surface area contributed by atoms with Gasteiger partial charge in [0.1, 0.15) is 238 Å². The van der Waals surface area contributed by atoms with E-state index in [1.54, 1.807) is 0 Å². The van der Waals surface area contributed by atoms with Gasteiger partial charge in [0.05, 0.1) is 66.1 Å². The Kier molecular flexibility index (Phi) is 33.6. The number of hydrogen-bond donors (Lipinski definition) is 31. The van der Waals surface area contributed by atoms with Crippen LogP contribution in [0.1, 0.15) is 13.8 Å². The van der Waals surface area contributed by atoms with E-state index in [-0.39, 0.29) is 0 Å². The normalized spacial score (nSPS) is 51.5. The third-order valence-corrected chi connectivity index (χ3v) is 21.3. The first-order valence-electron chi connectivity index (χ1n) is 36.6. The standard InChI is InChI=1S/C63H106N2O50/c1-13(73)64-25-36(84)48(21(9-72)100-54(25)96)110-55-26(65-14(2)74)27(75)22(10-97-55)108-60-47(95)50(112-62-53(42(90)33(81)19(7-70)105-62)115-63-52(41(89)32(80)20(8-71)106-63)114-59-45(93)39(87)30(78)17(5-68)103-59)35(83)24(109-60)12-99-57-46(94)49(34(82)23(107-57)11-98-56-43(91)37(85)28(76)15(3-66)101-56)111-61-51(40(88)31(79)18(6-69)104-61)113-58-44(92)38(86)29(77)16(4-67)102-58/h15-63,66-72,75-96H,3-12H2,1-2H3,(H,64,73)(H,65,74)/t15-,16-,17-,18-,19-,20-,21-,22-,23-,24-,25-,26-,27+,28-,29-,30-,31-,32-,33-,34-,35-,36-,37+,38+,39+,40+,41+,42+,43+,44+,45+,46+,47+,48-,49+,50+,51+,52+,53+,54-,55+,56+,57+,58-,59-,60-,61-,62-,63-/m1/s1. The lowest BCUT2D eigenvalue weighted by Gasteiger charge is -2.50. The topological polar surface area (TPSA) is 820 Å². The second kappa shape index (κ2) is 41.0. The van der Waals surface area contributed by atoms with Gasteiger partial charge < -0.3 is 249 Å². The molecule has 0 aromatic carbocycles. The zero-order chi connectivity index (χ0) is 84.4. The quantitative estimate of drug-likeness (QED) is 0.0331. The van der Waals surface area contributed by atoms with E-state index in [2.05, 4.69) is 10.6 Å². The summed E-state index contributed by atoms with van der Waals surface area (Å²) >= 11 is 0. The molecule has 10 rings (SSSR count). The molecule has 10 saturated heterocycles. The summed E-state index contributed by atoms with van der Waals surface area (Å²) in [6.07, 6.45) is -100. The average molecular weight is 1690 g/mol. The summed E-state index contributed by atoms with van der Waals surface area (Å²) in [6, 6.07) is -3.46. The lowest BCUT2D eigenvalue weighted by molar-refractivity contribution is -0.407. The number of hydrogen-bond acceptors (Lipinski definition) is 50. The Hall–Kier alpha value is -2.98. The molecule has 10 aliphatic heterocycles. The summed E-state index contributed by atoms with van der Waals surface area (Å²) in [5.74, 6) is -1.69. The van der Waals surface area contributed by atoms with Crippen LogP contribution in [0, 0.1) is 0 Å². The second-order valence-corrected chi connectivity index (χ2v) is 29.1. The van der Waals surface area contributed by atoms with E-state index in [9.17, 15) is 158 Å². The van der Waals surface area contributed by atoms with Crippen molar-refractivity contribution in [3.8, 4) is 0 Å². The number of aliphatic hydroxyl groups excluding tert-OH is 29. The summed E-state index contributed by atoms with van der Waals surface area (Å²) in [4.78, 5) is 25.1. The maximum atomic E-state index is 12.9. The van der Waals surface area contributed by atoms with Gasteiger partial charge in [0, 0.05) is 13.8 Å². The Balaban J connectivity index is 0.988. The van der Waals surface area contributed by atoms with Crippen molar-refractivity contribution in [3.05, 3.63) is 0 Å². The van der Waals surface area contributed by atoms with Crippen molar-refractivity contribution in [2.24, 2.45) is 0 Å². The molecule has 0 radical (unpaired) electrons. The lowest BCUT2D eigenvalue weighted by Crippen LogP contribution is -2.69. The zero-order valence-corrected chi connectivity index (χ0v) is 60.9. The summed E-state index contributed by atoms with van der Waals surface area (Å²) in [5.41, 5.74) is 0. The fourth-order valence-corrected chi connectivity index (χ4v) is 14.7. The van der Waals surface area contributed by atoms with Gasteiger partial charge in [-0.2, -0.15) is 0 Å². The molecule has 0 aliphatic carbocycles. The van der Waals surface area contributed by atoms with Gasteiger partial charge in [0.2, 0.25) is 11.8 Å². The van der Waals surface area contributed by atoms with Gasteiger partial charge in [0.25, 0.3) is 0 Å². The summed E-state index contributed by atoms with van der Waals surface area (Å²) in [5, 5.41) is 325. The Bertz CT molecular complexity index is 2990. The van der Waals surface area contributed by atoms with Crippen molar-refractivity contribution in [1.82, 2.24) is 10.6 Å². The molecule has 49 atom stereocenters. The van der Waals surface area contributed by atoms with Crippen molar-refractivity contribution in [3.63, 3.8) is 0 Å². The van der Waals surface area contributed by atoms with E-state index in [0.717, 1.165) is 13.8 Å². The Labute approximate surface area is 649 Å². The molecule has 2 amide bonds. The molecule has 10 fully saturated rings. The van der Waals surface area contributed by atoms with Crippen molar-refractivity contribution in [2.75, 3.05) is 66.1 Å². The molecular formula is C63H106N2O50. The third kappa shape index (κ3) is 20.4. The van der Waals surface area contributed by atoms with E-state index in [4.69, 9.17) is 90.0 Å². The minimum atomic E-state index is -2.55. The van der Waals surface area contributed by atoms with E-state index in [0.29, 0.717) is 0 Å². The third-order valence-electron chi connectivity index (χ3n) is 21.3. The van der Waals surface area contributed by atoms with Crippen molar-refractivity contribution in [2.45, 2.75) is 315 Å². The second-order valence-electron chi connectivity index (χ2n) is 29.1. The number of rotatable bonds is 29. The van der Waals surface area contributed by atoms with Crippen LogP contribution in [0.15, 0.2) is 0 Å². The molecule has 668 valence electrons. The number of carbonyl (C=O) groups is 2. The van der Waals surface area contributed by atoms with Crippen LogP contribution in [0.3, 0.4) is 0 Å². The van der Waals surface area contributed by atoms with Crippen LogP contribution in [-0.4, -0.2) is 527 Å². The summed E-state index contributed by atoms with van der Waals surface area (Å²) in [6.45, 7) is -8.68. The molecule has 0 unspecified atom stereocenters. The van der Waals surface area contributed by atoms with Crippen LogP contribution in [0.2, 0.25) is 0 Å². The molecule has 52 heteroatoms. The highest BCUT2D eigenvalue weighted by atomic mass is 16.8. The maximum Gasteiger partial charge on any atom is 0.217 e. The molecular weight excluding hydrogens is 1580 g/mol. The predicted molar refractivity (Wildman–Crippen MR) is 347 cm³/mol. The molecule has 0 saturated carbocycles. The number of ether oxygens (including phenoxy) is 19. The molecule has 0 aromatic rings. The lowest BCUT2D eigenvalue weighted by atomic mass is 9.95. The van der Waals surface area contributed by atoms with E-state index in [1.807, 2.05) is 0 Å². The molecule has 10 aliphatic rings. The van der Waals surface area contributed by atoms with Crippen molar-refractivity contribution < 1.29 is 248 Å². The fourth-order valence-electron chi connectivity index (χ4n) is 14.7.